The van der Waals surface area contributed by atoms with E-state index in [9.17, 15) is 0 Å². The fraction of sp³-hybridized carbons (Fsp3) is 0.133. The SMILES string of the molecule is c1ccc(NC2=N[C@@H](c3ccccc3)CS2)cc1. The average Bonchev–Trinajstić information content (AvgIpc) is 2.89. The van der Waals surface area contributed by atoms with Gasteiger partial charge in [0.25, 0.3) is 0 Å². The minimum absolute atomic E-state index is 0.280. The molecule has 18 heavy (non-hydrogen) atoms. The molecule has 0 aromatic heterocycles. The largest absolute Gasteiger partial charge is 0.335 e. The van der Waals surface area contributed by atoms with Crippen LogP contribution in [0.15, 0.2) is 65.7 Å². The van der Waals surface area contributed by atoms with Crippen LogP contribution in [0.2, 0.25) is 0 Å². The molecule has 2 aromatic carbocycles. The maximum absolute atomic E-state index is 4.72. The molecule has 0 spiro atoms. The molecule has 0 saturated heterocycles. The molecule has 3 rings (SSSR count). The van der Waals surface area contributed by atoms with Gasteiger partial charge in [-0.05, 0) is 17.7 Å². The second-order valence-corrected chi connectivity index (χ2v) is 5.17. The molecule has 2 aromatic rings. The van der Waals surface area contributed by atoms with Crippen LogP contribution in [0.4, 0.5) is 5.69 Å². The predicted octanol–water partition coefficient (Wildman–Crippen LogP) is 3.94. The van der Waals surface area contributed by atoms with Gasteiger partial charge in [0.1, 0.15) is 0 Å². The summed E-state index contributed by atoms with van der Waals surface area (Å²) in [5, 5.41) is 4.36. The Bertz CT molecular complexity index is 537. The molecule has 0 fully saturated rings. The third-order valence-electron chi connectivity index (χ3n) is 2.86. The van der Waals surface area contributed by atoms with Crippen LogP contribution in [0.1, 0.15) is 11.6 Å². The van der Waals surface area contributed by atoms with Gasteiger partial charge in [0, 0.05) is 11.4 Å². The van der Waals surface area contributed by atoms with Gasteiger partial charge in [0.2, 0.25) is 0 Å². The Hall–Kier alpha value is -1.74. The van der Waals surface area contributed by atoms with Crippen molar-refractivity contribution in [2.24, 2.45) is 4.99 Å². The highest BCUT2D eigenvalue weighted by Gasteiger charge is 2.19. The molecule has 1 aliphatic heterocycles. The van der Waals surface area contributed by atoms with Crippen LogP contribution in [-0.4, -0.2) is 10.9 Å². The van der Waals surface area contributed by atoms with Gasteiger partial charge in [-0.15, -0.1) is 0 Å². The van der Waals surface area contributed by atoms with Crippen LogP contribution >= 0.6 is 11.8 Å². The van der Waals surface area contributed by atoms with Crippen LogP contribution in [-0.2, 0) is 0 Å². The van der Waals surface area contributed by atoms with E-state index in [1.807, 2.05) is 24.3 Å². The van der Waals surface area contributed by atoms with E-state index in [0.717, 1.165) is 16.6 Å². The number of amidine groups is 1. The van der Waals surface area contributed by atoms with Crippen molar-refractivity contribution in [3.63, 3.8) is 0 Å². The van der Waals surface area contributed by atoms with Crippen molar-refractivity contribution in [1.82, 2.24) is 0 Å². The van der Waals surface area contributed by atoms with Crippen molar-refractivity contribution in [2.75, 3.05) is 11.1 Å². The molecular formula is C15H14N2S. The molecule has 0 amide bonds. The highest BCUT2D eigenvalue weighted by molar-refractivity contribution is 8.14. The molecular weight excluding hydrogens is 240 g/mol. The zero-order valence-corrected chi connectivity index (χ0v) is 10.7. The monoisotopic (exact) mass is 254 g/mol. The number of nitrogens with zero attached hydrogens (tertiary/aromatic N) is 1. The topological polar surface area (TPSA) is 24.4 Å². The molecule has 1 N–H and O–H groups in total. The van der Waals surface area contributed by atoms with E-state index < -0.39 is 0 Å². The van der Waals surface area contributed by atoms with Crippen molar-refractivity contribution in [2.45, 2.75) is 6.04 Å². The Balaban J connectivity index is 1.73. The first-order valence-corrected chi connectivity index (χ1v) is 6.98. The van der Waals surface area contributed by atoms with Crippen molar-refractivity contribution in [1.29, 1.82) is 0 Å². The first-order chi connectivity index (χ1) is 8.92. The summed E-state index contributed by atoms with van der Waals surface area (Å²) >= 11 is 1.78. The van der Waals surface area contributed by atoms with E-state index in [-0.39, 0.29) is 6.04 Å². The fourth-order valence-corrected chi connectivity index (χ4v) is 2.91. The quantitative estimate of drug-likeness (QED) is 0.877. The highest BCUT2D eigenvalue weighted by Crippen LogP contribution is 2.30. The van der Waals surface area contributed by atoms with Gasteiger partial charge in [0.05, 0.1) is 6.04 Å². The van der Waals surface area contributed by atoms with Gasteiger partial charge in [-0.25, -0.2) is 0 Å². The van der Waals surface area contributed by atoms with Gasteiger partial charge in [-0.3, -0.25) is 4.99 Å². The van der Waals surface area contributed by atoms with E-state index in [0.29, 0.717) is 0 Å². The lowest BCUT2D eigenvalue weighted by molar-refractivity contribution is 0.849. The summed E-state index contributed by atoms with van der Waals surface area (Å²) in [5.41, 5.74) is 2.38. The molecule has 0 saturated carbocycles. The Morgan fingerprint density at radius 3 is 2.33 bits per heavy atom. The lowest BCUT2D eigenvalue weighted by Crippen LogP contribution is -2.04. The van der Waals surface area contributed by atoms with E-state index in [1.165, 1.54) is 5.56 Å². The highest BCUT2D eigenvalue weighted by atomic mass is 32.2. The minimum Gasteiger partial charge on any atom is -0.335 e. The molecule has 0 radical (unpaired) electrons. The number of hydrogen-bond acceptors (Lipinski definition) is 3. The number of para-hydroxylation sites is 1. The summed E-state index contributed by atoms with van der Waals surface area (Å²) in [5.74, 6) is 1.01. The smallest absolute Gasteiger partial charge is 0.161 e. The van der Waals surface area contributed by atoms with E-state index in [4.69, 9.17) is 4.99 Å². The Kier molecular flexibility index (Phi) is 3.33. The van der Waals surface area contributed by atoms with Crippen LogP contribution in [0.25, 0.3) is 0 Å². The first-order valence-electron chi connectivity index (χ1n) is 5.99. The van der Waals surface area contributed by atoms with Gasteiger partial charge >= 0.3 is 0 Å². The maximum atomic E-state index is 4.72. The van der Waals surface area contributed by atoms with Gasteiger partial charge in [-0.2, -0.15) is 0 Å². The molecule has 1 aliphatic rings. The van der Waals surface area contributed by atoms with Crippen molar-refractivity contribution < 1.29 is 0 Å². The number of thioether (sulfide) groups is 1. The summed E-state index contributed by atoms with van der Waals surface area (Å²) < 4.78 is 0. The zero-order valence-electron chi connectivity index (χ0n) is 9.91. The van der Waals surface area contributed by atoms with E-state index >= 15 is 0 Å². The lowest BCUT2D eigenvalue weighted by Gasteiger charge is -2.04. The van der Waals surface area contributed by atoms with Gasteiger partial charge < -0.3 is 5.32 Å². The Labute approximate surface area is 111 Å². The zero-order chi connectivity index (χ0) is 12.2. The number of hydrogen-bond donors (Lipinski definition) is 1. The summed E-state index contributed by atoms with van der Waals surface area (Å²) in [6.07, 6.45) is 0. The molecule has 2 nitrogen and oxygen atoms in total. The lowest BCUT2D eigenvalue weighted by atomic mass is 10.1. The third kappa shape index (κ3) is 2.57. The molecule has 0 bridgehead atoms. The van der Waals surface area contributed by atoms with E-state index in [2.05, 4.69) is 41.7 Å². The van der Waals surface area contributed by atoms with Crippen molar-refractivity contribution in [3.05, 3.63) is 66.2 Å². The molecule has 0 unspecified atom stereocenters. The maximum Gasteiger partial charge on any atom is 0.161 e. The normalized spacial score (nSPS) is 18.4. The number of nitrogens with one attached hydrogen (secondary N) is 1. The summed E-state index contributed by atoms with van der Waals surface area (Å²) in [6.45, 7) is 0. The second-order valence-electron chi connectivity index (χ2n) is 4.16. The Morgan fingerprint density at radius 2 is 1.61 bits per heavy atom. The minimum atomic E-state index is 0.280. The van der Waals surface area contributed by atoms with Crippen molar-refractivity contribution in [3.8, 4) is 0 Å². The van der Waals surface area contributed by atoms with Gasteiger partial charge in [0.15, 0.2) is 5.17 Å². The number of aliphatic imine (C=N–C) groups is 1. The Morgan fingerprint density at radius 1 is 0.944 bits per heavy atom. The van der Waals surface area contributed by atoms with Gasteiger partial charge in [-0.1, -0.05) is 60.3 Å². The van der Waals surface area contributed by atoms with Crippen LogP contribution in [0.3, 0.4) is 0 Å². The number of anilines is 1. The summed E-state index contributed by atoms with van der Waals surface area (Å²) in [6, 6.07) is 20.9. The number of benzene rings is 2. The standard InChI is InChI=1S/C15H14N2S/c1-3-7-12(8-4-1)14-11-18-15(17-14)16-13-9-5-2-6-10-13/h1-10,14H,11H2,(H,16,17)/t14-/m1/s1. The molecule has 1 atom stereocenters. The summed E-state index contributed by atoms with van der Waals surface area (Å²) in [7, 11) is 0. The first kappa shape index (κ1) is 11.4. The fourth-order valence-electron chi connectivity index (χ4n) is 1.93. The molecule has 0 aliphatic carbocycles. The molecule has 1 heterocycles. The van der Waals surface area contributed by atoms with E-state index in [1.54, 1.807) is 11.8 Å². The van der Waals surface area contributed by atoms with Crippen LogP contribution in [0, 0.1) is 0 Å². The van der Waals surface area contributed by atoms with Crippen LogP contribution < -0.4 is 5.32 Å². The molecule has 3 heteroatoms. The molecule has 90 valence electrons. The third-order valence-corrected chi connectivity index (χ3v) is 3.82. The predicted molar refractivity (Wildman–Crippen MR) is 79.1 cm³/mol. The van der Waals surface area contributed by atoms with Crippen molar-refractivity contribution >= 4 is 22.6 Å². The average molecular weight is 254 g/mol. The second kappa shape index (κ2) is 5.27. The van der Waals surface area contributed by atoms with Crippen LogP contribution in [0.5, 0.6) is 0 Å². The number of rotatable bonds is 2. The summed E-state index contributed by atoms with van der Waals surface area (Å²) in [4.78, 5) is 4.72.